The fraction of sp³-hybridized carbons (Fsp3) is 0.500. The van der Waals surface area contributed by atoms with E-state index >= 15 is 0 Å². The summed E-state index contributed by atoms with van der Waals surface area (Å²) < 4.78 is 0. The van der Waals surface area contributed by atoms with Gasteiger partial charge in [-0.3, -0.25) is 5.32 Å². The zero-order valence-corrected chi connectivity index (χ0v) is 10.2. The van der Waals surface area contributed by atoms with Crippen LogP contribution in [0.25, 0.3) is 0 Å². The number of carboxylic acid groups (broad SMARTS) is 1. The summed E-state index contributed by atoms with van der Waals surface area (Å²) in [5, 5.41) is 13.9. The van der Waals surface area contributed by atoms with Crippen molar-refractivity contribution in [3.05, 3.63) is 11.1 Å². The summed E-state index contributed by atoms with van der Waals surface area (Å²) in [6.45, 7) is 2.31. The molecule has 17 heavy (non-hydrogen) atoms. The van der Waals surface area contributed by atoms with Gasteiger partial charge in [-0.2, -0.15) is 0 Å². The van der Waals surface area contributed by atoms with Gasteiger partial charge in [0.1, 0.15) is 6.04 Å². The number of hydrogen-bond acceptors (Lipinski definition) is 4. The number of aromatic nitrogens is 1. The summed E-state index contributed by atoms with van der Waals surface area (Å²) in [7, 11) is 0. The first-order valence-electron chi connectivity index (χ1n) is 5.30. The number of hydrogen-bond donors (Lipinski definition) is 2. The SMILES string of the molecule is Cc1csc(NC(=O)N2CCC[C@H]2C(=O)O)n1. The summed E-state index contributed by atoms with van der Waals surface area (Å²) in [5.74, 6) is -0.951. The summed E-state index contributed by atoms with van der Waals surface area (Å²) >= 11 is 1.33. The minimum absolute atomic E-state index is 0.385. The van der Waals surface area contributed by atoms with E-state index in [0.717, 1.165) is 12.1 Å². The Hall–Kier alpha value is -1.63. The van der Waals surface area contributed by atoms with Gasteiger partial charge in [0.2, 0.25) is 0 Å². The van der Waals surface area contributed by atoms with Crippen molar-refractivity contribution in [1.29, 1.82) is 0 Å². The summed E-state index contributed by atoms with van der Waals surface area (Å²) in [6, 6.07) is -1.10. The van der Waals surface area contributed by atoms with E-state index in [2.05, 4.69) is 10.3 Å². The van der Waals surface area contributed by atoms with Crippen molar-refractivity contribution in [3.8, 4) is 0 Å². The Balaban J connectivity index is 2.02. The first-order chi connectivity index (χ1) is 8.08. The molecule has 2 amide bonds. The van der Waals surface area contributed by atoms with Crippen molar-refractivity contribution < 1.29 is 14.7 Å². The quantitative estimate of drug-likeness (QED) is 0.839. The third kappa shape index (κ3) is 2.55. The largest absolute Gasteiger partial charge is 0.480 e. The van der Waals surface area contributed by atoms with E-state index in [4.69, 9.17) is 5.11 Å². The lowest BCUT2D eigenvalue weighted by Crippen LogP contribution is -2.42. The van der Waals surface area contributed by atoms with Crippen molar-refractivity contribution in [2.75, 3.05) is 11.9 Å². The van der Waals surface area contributed by atoms with Crippen LogP contribution in [0.2, 0.25) is 0 Å². The Labute approximate surface area is 102 Å². The second-order valence-corrected chi connectivity index (χ2v) is 4.77. The second kappa shape index (κ2) is 4.70. The van der Waals surface area contributed by atoms with Crippen LogP contribution in [0.3, 0.4) is 0 Å². The first kappa shape index (κ1) is 11.8. The topological polar surface area (TPSA) is 82.5 Å². The monoisotopic (exact) mass is 255 g/mol. The first-order valence-corrected chi connectivity index (χ1v) is 6.18. The maximum absolute atomic E-state index is 11.9. The van der Waals surface area contributed by atoms with Crippen molar-refractivity contribution in [2.24, 2.45) is 0 Å². The minimum Gasteiger partial charge on any atom is -0.480 e. The van der Waals surface area contributed by atoms with E-state index in [1.807, 2.05) is 12.3 Å². The van der Waals surface area contributed by atoms with Gasteiger partial charge in [-0.1, -0.05) is 0 Å². The average Bonchev–Trinajstić information content (AvgIpc) is 2.86. The van der Waals surface area contributed by atoms with Crippen LogP contribution in [-0.2, 0) is 4.79 Å². The van der Waals surface area contributed by atoms with E-state index in [1.54, 1.807) is 0 Å². The smallest absolute Gasteiger partial charge is 0.326 e. The van der Waals surface area contributed by atoms with Gasteiger partial charge in [0.25, 0.3) is 0 Å². The minimum atomic E-state index is -0.951. The van der Waals surface area contributed by atoms with Gasteiger partial charge in [0.15, 0.2) is 5.13 Å². The molecule has 0 spiro atoms. The normalized spacial score (nSPS) is 19.4. The lowest BCUT2D eigenvalue weighted by atomic mass is 10.2. The third-order valence-corrected chi connectivity index (χ3v) is 3.51. The molecular weight excluding hydrogens is 242 g/mol. The summed E-state index contributed by atoms with van der Waals surface area (Å²) in [6.07, 6.45) is 1.24. The number of aryl methyl sites for hydroxylation is 1. The fourth-order valence-electron chi connectivity index (χ4n) is 1.84. The van der Waals surface area contributed by atoms with Crippen molar-refractivity contribution in [3.63, 3.8) is 0 Å². The number of rotatable bonds is 2. The molecule has 0 unspecified atom stereocenters. The van der Waals surface area contributed by atoms with Crippen LogP contribution in [0.5, 0.6) is 0 Å². The molecule has 1 atom stereocenters. The highest BCUT2D eigenvalue weighted by Crippen LogP contribution is 2.20. The van der Waals surface area contributed by atoms with Gasteiger partial charge >= 0.3 is 12.0 Å². The summed E-state index contributed by atoms with van der Waals surface area (Å²) in [4.78, 5) is 28.2. The number of aliphatic carboxylic acids is 1. The van der Waals surface area contributed by atoms with Crippen LogP contribution >= 0.6 is 11.3 Å². The fourth-order valence-corrected chi connectivity index (χ4v) is 2.52. The molecule has 2 rings (SSSR count). The molecule has 1 saturated heterocycles. The van der Waals surface area contributed by atoms with Gasteiger partial charge in [-0.15, -0.1) is 11.3 Å². The van der Waals surface area contributed by atoms with Gasteiger partial charge in [-0.25, -0.2) is 14.6 Å². The Kier molecular flexibility index (Phi) is 3.28. The number of nitrogens with zero attached hydrogens (tertiary/aromatic N) is 2. The van der Waals surface area contributed by atoms with E-state index in [-0.39, 0.29) is 6.03 Å². The molecule has 2 N–H and O–H groups in total. The molecule has 92 valence electrons. The molecular formula is C10H13N3O3S. The molecule has 0 aromatic carbocycles. The van der Waals surface area contributed by atoms with E-state index in [0.29, 0.717) is 18.1 Å². The molecule has 6 nitrogen and oxygen atoms in total. The number of amides is 2. The number of carboxylic acids is 1. The van der Waals surface area contributed by atoms with Crippen LogP contribution in [0.1, 0.15) is 18.5 Å². The Morgan fingerprint density at radius 3 is 3.00 bits per heavy atom. The predicted molar refractivity (Wildman–Crippen MR) is 63.2 cm³/mol. The number of carbonyl (C=O) groups excluding carboxylic acids is 1. The molecule has 1 fully saturated rings. The van der Waals surface area contributed by atoms with Gasteiger partial charge in [-0.05, 0) is 19.8 Å². The van der Waals surface area contributed by atoms with E-state index < -0.39 is 12.0 Å². The van der Waals surface area contributed by atoms with Crippen LogP contribution in [0, 0.1) is 6.92 Å². The van der Waals surface area contributed by atoms with Gasteiger partial charge in [0.05, 0.1) is 5.69 Å². The van der Waals surface area contributed by atoms with Crippen LogP contribution < -0.4 is 5.32 Å². The van der Waals surface area contributed by atoms with Crippen molar-refractivity contribution in [2.45, 2.75) is 25.8 Å². The van der Waals surface area contributed by atoms with Gasteiger partial charge in [0, 0.05) is 11.9 Å². The van der Waals surface area contributed by atoms with Crippen LogP contribution in [0.15, 0.2) is 5.38 Å². The molecule has 0 aliphatic carbocycles. The molecule has 2 heterocycles. The van der Waals surface area contributed by atoms with E-state index in [9.17, 15) is 9.59 Å². The molecule has 1 aromatic heterocycles. The lowest BCUT2D eigenvalue weighted by Gasteiger charge is -2.20. The van der Waals surface area contributed by atoms with Crippen LogP contribution in [-0.4, -0.2) is 39.6 Å². The number of nitrogens with one attached hydrogen (secondary N) is 1. The molecule has 0 bridgehead atoms. The number of anilines is 1. The maximum Gasteiger partial charge on any atom is 0.326 e. The van der Waals surface area contributed by atoms with Crippen molar-refractivity contribution in [1.82, 2.24) is 9.88 Å². The highest BCUT2D eigenvalue weighted by molar-refractivity contribution is 7.13. The van der Waals surface area contributed by atoms with Crippen molar-refractivity contribution >= 4 is 28.5 Å². The predicted octanol–water partition coefficient (Wildman–Crippen LogP) is 1.53. The maximum atomic E-state index is 11.9. The molecule has 7 heteroatoms. The molecule has 0 saturated carbocycles. The highest BCUT2D eigenvalue weighted by Gasteiger charge is 2.34. The second-order valence-electron chi connectivity index (χ2n) is 3.91. The Bertz CT molecular complexity index is 446. The number of carbonyl (C=O) groups is 2. The average molecular weight is 255 g/mol. The molecule has 1 aliphatic heterocycles. The lowest BCUT2D eigenvalue weighted by molar-refractivity contribution is -0.141. The molecule has 0 radical (unpaired) electrons. The Morgan fingerprint density at radius 2 is 2.41 bits per heavy atom. The van der Waals surface area contributed by atoms with Crippen LogP contribution in [0.4, 0.5) is 9.93 Å². The molecule has 1 aliphatic rings. The molecule has 1 aromatic rings. The standard InChI is InChI=1S/C10H13N3O3S/c1-6-5-17-9(11-6)12-10(16)13-4-2-3-7(13)8(14)15/h5,7H,2-4H2,1H3,(H,14,15)(H,11,12,16)/t7-/m0/s1. The Morgan fingerprint density at radius 1 is 1.65 bits per heavy atom. The summed E-state index contributed by atoms with van der Waals surface area (Å²) in [5.41, 5.74) is 0.835. The number of likely N-dealkylation sites (tertiary alicyclic amines) is 1. The third-order valence-electron chi connectivity index (χ3n) is 2.63. The van der Waals surface area contributed by atoms with E-state index in [1.165, 1.54) is 16.2 Å². The highest BCUT2D eigenvalue weighted by atomic mass is 32.1. The number of urea groups is 1. The zero-order valence-electron chi connectivity index (χ0n) is 9.34. The number of thiazole rings is 1. The zero-order chi connectivity index (χ0) is 12.4. The van der Waals surface area contributed by atoms with Gasteiger partial charge < -0.3 is 10.0 Å².